The zero-order valence-corrected chi connectivity index (χ0v) is 14.8. The third-order valence-corrected chi connectivity index (χ3v) is 4.63. The highest BCUT2D eigenvalue weighted by molar-refractivity contribution is 7.19. The zero-order valence-electron chi connectivity index (χ0n) is 14.0. The molecule has 0 fully saturated rings. The molecule has 2 aromatic carbocycles. The summed E-state index contributed by atoms with van der Waals surface area (Å²) >= 11 is 1.45. The van der Waals surface area contributed by atoms with Crippen molar-refractivity contribution in [1.82, 2.24) is 4.98 Å². The first-order valence-corrected chi connectivity index (χ1v) is 8.57. The lowest BCUT2D eigenvalue weighted by Crippen LogP contribution is -2.20. The minimum absolute atomic E-state index is 0.111. The van der Waals surface area contributed by atoms with Gasteiger partial charge in [-0.25, -0.2) is 4.98 Å². The summed E-state index contributed by atoms with van der Waals surface area (Å²) in [5.41, 5.74) is 1.97. The largest absolute Gasteiger partial charge is 0.493 e. The predicted octanol–water partition coefficient (Wildman–Crippen LogP) is 4.14. The second kappa shape index (κ2) is 7.81. The Kier molecular flexibility index (Phi) is 5.30. The number of nitrogens with zero attached hydrogens (tertiary/aromatic N) is 1. The second-order valence-corrected chi connectivity index (χ2v) is 6.29. The summed E-state index contributed by atoms with van der Waals surface area (Å²) in [4.78, 5) is 17.6. The Hall–Kier alpha value is -2.86. The summed E-state index contributed by atoms with van der Waals surface area (Å²) in [5.74, 6) is 0.853. The molecule has 3 aromatic rings. The molecule has 1 amide bonds. The summed E-state index contributed by atoms with van der Waals surface area (Å²) in [6.45, 7) is 1.82. The van der Waals surface area contributed by atoms with E-state index in [1.165, 1.54) is 11.3 Å². The van der Waals surface area contributed by atoms with Gasteiger partial charge in [0.2, 0.25) is 0 Å². The maximum Gasteiger partial charge on any atom is 0.264 e. The van der Waals surface area contributed by atoms with Crippen molar-refractivity contribution < 1.29 is 14.3 Å². The number of rotatable bonds is 6. The molecular formula is C19H18N2O3S. The Bertz CT molecular complexity index is 862. The number of methoxy groups -OCH3 is 1. The van der Waals surface area contributed by atoms with Gasteiger partial charge in [0.1, 0.15) is 0 Å². The van der Waals surface area contributed by atoms with Gasteiger partial charge >= 0.3 is 0 Å². The van der Waals surface area contributed by atoms with E-state index in [0.29, 0.717) is 16.6 Å². The Morgan fingerprint density at radius 1 is 1.08 bits per heavy atom. The third kappa shape index (κ3) is 4.16. The molecule has 1 N–H and O–H groups in total. The van der Waals surface area contributed by atoms with Crippen molar-refractivity contribution in [2.75, 3.05) is 19.0 Å². The molecular weight excluding hydrogens is 336 g/mol. The predicted molar refractivity (Wildman–Crippen MR) is 99.4 cm³/mol. The van der Waals surface area contributed by atoms with Gasteiger partial charge in [0.25, 0.3) is 5.91 Å². The van der Waals surface area contributed by atoms with E-state index >= 15 is 0 Å². The molecule has 1 heterocycles. The van der Waals surface area contributed by atoms with E-state index in [9.17, 15) is 4.79 Å². The number of hydrogen-bond donors (Lipinski definition) is 1. The Labute approximate surface area is 150 Å². The van der Waals surface area contributed by atoms with Crippen LogP contribution >= 0.6 is 11.3 Å². The van der Waals surface area contributed by atoms with Crippen LogP contribution in [0.25, 0.3) is 10.4 Å². The molecule has 1 aromatic heterocycles. The van der Waals surface area contributed by atoms with Crippen LogP contribution in [-0.4, -0.2) is 24.6 Å². The topological polar surface area (TPSA) is 60.5 Å². The van der Waals surface area contributed by atoms with Gasteiger partial charge in [-0.05, 0) is 24.6 Å². The Morgan fingerprint density at radius 3 is 2.48 bits per heavy atom. The van der Waals surface area contributed by atoms with Crippen molar-refractivity contribution in [3.05, 3.63) is 60.3 Å². The van der Waals surface area contributed by atoms with Crippen molar-refractivity contribution in [2.24, 2.45) is 0 Å². The van der Waals surface area contributed by atoms with Gasteiger partial charge in [-0.15, -0.1) is 0 Å². The van der Waals surface area contributed by atoms with Crippen molar-refractivity contribution >= 4 is 22.4 Å². The standard InChI is InChI=1S/C19H18N2O3S/c1-13-18(14-8-4-3-5-9-14)25-19(20-13)21-17(22)12-24-16-11-7-6-10-15(16)23-2/h3-11H,12H2,1-2H3,(H,20,21,22). The number of carbonyl (C=O) groups excluding carboxylic acids is 1. The number of para-hydroxylation sites is 2. The highest BCUT2D eigenvalue weighted by atomic mass is 32.1. The summed E-state index contributed by atoms with van der Waals surface area (Å²) in [7, 11) is 1.56. The number of anilines is 1. The maximum atomic E-state index is 12.1. The first-order valence-electron chi connectivity index (χ1n) is 7.76. The molecule has 0 atom stereocenters. The molecule has 0 saturated heterocycles. The lowest BCUT2D eigenvalue weighted by Gasteiger charge is -2.09. The fourth-order valence-electron chi connectivity index (χ4n) is 2.34. The van der Waals surface area contributed by atoms with E-state index in [-0.39, 0.29) is 12.5 Å². The molecule has 128 valence electrons. The molecule has 3 rings (SSSR count). The normalized spacial score (nSPS) is 10.3. The highest BCUT2D eigenvalue weighted by Crippen LogP contribution is 2.32. The van der Waals surface area contributed by atoms with Crippen LogP contribution in [0.2, 0.25) is 0 Å². The van der Waals surface area contributed by atoms with Gasteiger partial charge in [-0.3, -0.25) is 10.1 Å². The second-order valence-electron chi connectivity index (χ2n) is 5.29. The number of benzene rings is 2. The molecule has 5 nitrogen and oxygen atoms in total. The molecule has 0 radical (unpaired) electrons. The monoisotopic (exact) mass is 354 g/mol. The van der Waals surface area contributed by atoms with Gasteiger partial charge < -0.3 is 9.47 Å². The Balaban J connectivity index is 1.64. The molecule has 25 heavy (non-hydrogen) atoms. The molecule has 0 spiro atoms. The van der Waals surface area contributed by atoms with Gasteiger partial charge in [-0.2, -0.15) is 0 Å². The minimum Gasteiger partial charge on any atom is -0.493 e. The number of aryl methyl sites for hydroxylation is 1. The first-order chi connectivity index (χ1) is 12.2. The van der Waals surface area contributed by atoms with Crippen molar-refractivity contribution in [3.63, 3.8) is 0 Å². The van der Waals surface area contributed by atoms with Crippen LogP contribution in [0.15, 0.2) is 54.6 Å². The van der Waals surface area contributed by atoms with Crippen LogP contribution in [0.3, 0.4) is 0 Å². The van der Waals surface area contributed by atoms with Gasteiger partial charge in [0, 0.05) is 0 Å². The number of amides is 1. The summed E-state index contributed by atoms with van der Waals surface area (Å²) in [6, 6.07) is 17.2. The minimum atomic E-state index is -0.265. The third-order valence-electron chi connectivity index (χ3n) is 3.51. The van der Waals surface area contributed by atoms with E-state index in [4.69, 9.17) is 9.47 Å². The van der Waals surface area contributed by atoms with Crippen LogP contribution in [0, 0.1) is 6.92 Å². The molecule has 0 saturated carbocycles. The van der Waals surface area contributed by atoms with E-state index < -0.39 is 0 Å². The molecule has 0 aliphatic rings. The van der Waals surface area contributed by atoms with Crippen LogP contribution in [-0.2, 0) is 4.79 Å². The van der Waals surface area contributed by atoms with E-state index in [1.54, 1.807) is 19.2 Å². The number of carbonyl (C=O) groups is 1. The number of nitrogens with one attached hydrogen (secondary N) is 1. The highest BCUT2D eigenvalue weighted by Gasteiger charge is 2.13. The van der Waals surface area contributed by atoms with E-state index in [1.807, 2.05) is 49.4 Å². The number of aromatic nitrogens is 1. The van der Waals surface area contributed by atoms with Gasteiger partial charge in [0.05, 0.1) is 17.7 Å². The number of thiazole rings is 1. The Morgan fingerprint density at radius 2 is 1.76 bits per heavy atom. The summed E-state index contributed by atoms with van der Waals surface area (Å²) < 4.78 is 10.7. The van der Waals surface area contributed by atoms with Gasteiger partial charge in [0.15, 0.2) is 23.2 Å². The van der Waals surface area contributed by atoms with Crippen molar-refractivity contribution in [2.45, 2.75) is 6.92 Å². The smallest absolute Gasteiger partial charge is 0.264 e. The lowest BCUT2D eigenvalue weighted by molar-refractivity contribution is -0.118. The fourth-order valence-corrected chi connectivity index (χ4v) is 3.33. The number of ether oxygens (including phenoxy) is 2. The van der Waals surface area contributed by atoms with E-state index in [2.05, 4.69) is 10.3 Å². The van der Waals surface area contributed by atoms with Crippen LogP contribution in [0.5, 0.6) is 11.5 Å². The summed E-state index contributed by atoms with van der Waals surface area (Å²) in [6.07, 6.45) is 0. The fraction of sp³-hybridized carbons (Fsp3) is 0.158. The quantitative estimate of drug-likeness (QED) is 0.722. The molecule has 0 aliphatic carbocycles. The molecule has 6 heteroatoms. The van der Waals surface area contributed by atoms with Crippen LogP contribution < -0.4 is 14.8 Å². The molecule has 0 aliphatic heterocycles. The van der Waals surface area contributed by atoms with E-state index in [0.717, 1.165) is 16.1 Å². The lowest BCUT2D eigenvalue weighted by atomic mass is 10.2. The average molecular weight is 354 g/mol. The van der Waals surface area contributed by atoms with Gasteiger partial charge in [-0.1, -0.05) is 53.8 Å². The van der Waals surface area contributed by atoms with Crippen molar-refractivity contribution in [3.8, 4) is 21.9 Å². The first kappa shape index (κ1) is 17.0. The summed E-state index contributed by atoms with van der Waals surface area (Å²) in [5, 5.41) is 3.34. The average Bonchev–Trinajstić information content (AvgIpc) is 3.01. The van der Waals surface area contributed by atoms with Crippen LogP contribution in [0.1, 0.15) is 5.69 Å². The zero-order chi connectivity index (χ0) is 17.6. The SMILES string of the molecule is COc1ccccc1OCC(=O)Nc1nc(C)c(-c2ccccc2)s1. The van der Waals surface area contributed by atoms with Crippen LogP contribution in [0.4, 0.5) is 5.13 Å². The maximum absolute atomic E-state index is 12.1. The van der Waals surface area contributed by atoms with Crippen molar-refractivity contribution in [1.29, 1.82) is 0 Å². The number of hydrogen-bond acceptors (Lipinski definition) is 5. The molecule has 0 bridgehead atoms. The molecule has 0 unspecified atom stereocenters.